The fourth-order valence-electron chi connectivity index (χ4n) is 1.14. The molecule has 0 saturated heterocycles. The summed E-state index contributed by atoms with van der Waals surface area (Å²) in [4.78, 5) is 12.0. The second-order valence-corrected chi connectivity index (χ2v) is 4.51. The first-order chi connectivity index (χ1) is 8.11. The number of hydrogen-bond acceptors (Lipinski definition) is 5. The highest BCUT2D eigenvalue weighted by molar-refractivity contribution is 6.28. The molecule has 1 aromatic heterocycles. The number of ether oxygens (including phenoxy) is 1. The molecule has 0 aliphatic heterocycles. The topological polar surface area (TPSA) is 59.9 Å². The summed E-state index contributed by atoms with van der Waals surface area (Å²) in [5.74, 6) is 1.10. The smallest absolute Gasteiger partial charge is 0.322 e. The Morgan fingerprint density at radius 3 is 2.71 bits per heavy atom. The van der Waals surface area contributed by atoms with Crippen molar-refractivity contribution in [3.63, 3.8) is 0 Å². The van der Waals surface area contributed by atoms with Gasteiger partial charge in [-0.2, -0.15) is 15.0 Å². The zero-order valence-corrected chi connectivity index (χ0v) is 11.3. The largest absolute Gasteiger partial charge is 0.463 e. The van der Waals surface area contributed by atoms with E-state index < -0.39 is 0 Å². The third kappa shape index (κ3) is 5.68. The molecule has 0 aliphatic carbocycles. The molecule has 96 valence electrons. The van der Waals surface area contributed by atoms with Crippen molar-refractivity contribution >= 4 is 17.5 Å². The molecule has 1 aromatic rings. The molecule has 5 nitrogen and oxygen atoms in total. The summed E-state index contributed by atoms with van der Waals surface area (Å²) in [5, 5.41) is 3.26. The lowest BCUT2D eigenvalue weighted by atomic mass is 10.1. The lowest BCUT2D eigenvalue weighted by Gasteiger charge is -2.08. The fourth-order valence-corrected chi connectivity index (χ4v) is 1.29. The van der Waals surface area contributed by atoms with Crippen LogP contribution < -0.4 is 10.1 Å². The van der Waals surface area contributed by atoms with Gasteiger partial charge in [-0.1, -0.05) is 20.8 Å². The summed E-state index contributed by atoms with van der Waals surface area (Å²) < 4.78 is 5.32. The van der Waals surface area contributed by atoms with Gasteiger partial charge in [-0.3, -0.25) is 0 Å². The third-order valence-corrected chi connectivity index (χ3v) is 2.20. The summed E-state index contributed by atoms with van der Waals surface area (Å²) in [6, 6.07) is 0.277. The zero-order chi connectivity index (χ0) is 12.7. The second kappa shape index (κ2) is 7.27. The summed E-state index contributed by atoms with van der Waals surface area (Å²) in [7, 11) is 0. The van der Waals surface area contributed by atoms with E-state index in [9.17, 15) is 0 Å². The number of halogens is 1. The van der Waals surface area contributed by atoms with Gasteiger partial charge in [-0.05, 0) is 30.4 Å². The number of nitrogens with one attached hydrogen (secondary N) is 1. The van der Waals surface area contributed by atoms with E-state index >= 15 is 0 Å². The van der Waals surface area contributed by atoms with Gasteiger partial charge in [-0.25, -0.2) is 0 Å². The molecule has 1 rings (SSSR count). The fraction of sp³-hybridized carbons (Fsp3) is 0.727. The molecule has 0 bridgehead atoms. The number of nitrogens with zero attached hydrogens (tertiary/aromatic N) is 3. The summed E-state index contributed by atoms with van der Waals surface area (Å²) in [6.07, 6.45) is 1.95. The molecule has 0 unspecified atom stereocenters. The minimum atomic E-state index is 0.151. The van der Waals surface area contributed by atoms with Crippen molar-refractivity contribution in [3.8, 4) is 6.01 Å². The number of aromatic nitrogens is 3. The standard InChI is InChI=1S/C11H19ClN4O/c1-4-7-17-11-15-9(12)14-10(16-11)13-6-5-8(2)3/h8H,4-7H2,1-3H3,(H,13,14,15,16). The minimum absolute atomic E-state index is 0.151. The van der Waals surface area contributed by atoms with E-state index in [0.29, 0.717) is 18.5 Å². The molecule has 0 aromatic carbocycles. The van der Waals surface area contributed by atoms with Gasteiger partial charge in [0, 0.05) is 6.54 Å². The van der Waals surface area contributed by atoms with Gasteiger partial charge >= 0.3 is 6.01 Å². The minimum Gasteiger partial charge on any atom is -0.463 e. The second-order valence-electron chi connectivity index (χ2n) is 4.17. The molecule has 1 heterocycles. The number of anilines is 1. The molecule has 0 radical (unpaired) electrons. The van der Waals surface area contributed by atoms with Crippen LogP contribution >= 0.6 is 11.6 Å². The van der Waals surface area contributed by atoms with Gasteiger partial charge in [0.05, 0.1) is 6.61 Å². The van der Waals surface area contributed by atoms with Gasteiger partial charge in [0.15, 0.2) is 0 Å². The summed E-state index contributed by atoms with van der Waals surface area (Å²) in [6.45, 7) is 7.73. The van der Waals surface area contributed by atoms with Crippen LogP contribution in [0.2, 0.25) is 5.28 Å². The van der Waals surface area contributed by atoms with E-state index in [0.717, 1.165) is 19.4 Å². The van der Waals surface area contributed by atoms with Crippen LogP contribution in [0.3, 0.4) is 0 Å². The lowest BCUT2D eigenvalue weighted by molar-refractivity contribution is 0.291. The first-order valence-electron chi connectivity index (χ1n) is 5.90. The van der Waals surface area contributed by atoms with Crippen LogP contribution in [0.5, 0.6) is 6.01 Å². The molecule has 0 saturated carbocycles. The molecular weight excluding hydrogens is 240 g/mol. The van der Waals surface area contributed by atoms with Crippen molar-refractivity contribution in [1.82, 2.24) is 15.0 Å². The Bertz CT molecular complexity index is 346. The molecule has 6 heteroatoms. The molecule has 17 heavy (non-hydrogen) atoms. The van der Waals surface area contributed by atoms with E-state index in [4.69, 9.17) is 16.3 Å². The maximum atomic E-state index is 5.79. The molecule has 1 N–H and O–H groups in total. The highest BCUT2D eigenvalue weighted by atomic mass is 35.5. The Balaban J connectivity index is 2.55. The molecule has 0 atom stereocenters. The van der Waals surface area contributed by atoms with Crippen molar-refractivity contribution in [2.45, 2.75) is 33.6 Å². The third-order valence-electron chi connectivity index (χ3n) is 2.03. The molecule has 0 fully saturated rings. The molecule has 0 aliphatic rings. The first kappa shape index (κ1) is 14.0. The van der Waals surface area contributed by atoms with E-state index in [-0.39, 0.29) is 11.3 Å². The monoisotopic (exact) mass is 258 g/mol. The average molecular weight is 259 g/mol. The van der Waals surface area contributed by atoms with E-state index in [2.05, 4.69) is 34.1 Å². The van der Waals surface area contributed by atoms with Crippen LogP contribution in [-0.2, 0) is 0 Å². The van der Waals surface area contributed by atoms with E-state index in [1.807, 2.05) is 6.92 Å². The van der Waals surface area contributed by atoms with Crippen LogP contribution in [0.15, 0.2) is 0 Å². The maximum absolute atomic E-state index is 5.79. The van der Waals surface area contributed by atoms with Gasteiger partial charge in [0.2, 0.25) is 11.2 Å². The Labute approximate surface area is 107 Å². The zero-order valence-electron chi connectivity index (χ0n) is 10.5. The van der Waals surface area contributed by atoms with Gasteiger partial charge in [0.1, 0.15) is 0 Å². The van der Waals surface area contributed by atoms with Crippen molar-refractivity contribution in [2.75, 3.05) is 18.5 Å². The van der Waals surface area contributed by atoms with Crippen molar-refractivity contribution < 1.29 is 4.74 Å². The average Bonchev–Trinajstić information content (AvgIpc) is 2.25. The van der Waals surface area contributed by atoms with Crippen LogP contribution in [0.4, 0.5) is 5.95 Å². The Morgan fingerprint density at radius 2 is 2.06 bits per heavy atom. The normalized spacial score (nSPS) is 10.6. The first-order valence-corrected chi connectivity index (χ1v) is 6.27. The predicted molar refractivity (Wildman–Crippen MR) is 68.6 cm³/mol. The van der Waals surface area contributed by atoms with Gasteiger partial charge < -0.3 is 10.1 Å². The highest BCUT2D eigenvalue weighted by Crippen LogP contribution is 2.12. The van der Waals surface area contributed by atoms with Crippen LogP contribution in [-0.4, -0.2) is 28.1 Å². The summed E-state index contributed by atoms with van der Waals surface area (Å²) >= 11 is 5.79. The van der Waals surface area contributed by atoms with Crippen LogP contribution in [0, 0.1) is 5.92 Å². The van der Waals surface area contributed by atoms with Crippen LogP contribution in [0.25, 0.3) is 0 Å². The number of hydrogen-bond donors (Lipinski definition) is 1. The molecule has 0 spiro atoms. The van der Waals surface area contributed by atoms with Crippen molar-refractivity contribution in [2.24, 2.45) is 5.92 Å². The molecular formula is C11H19ClN4O. The molecule has 0 amide bonds. The van der Waals surface area contributed by atoms with Gasteiger partial charge in [0.25, 0.3) is 0 Å². The maximum Gasteiger partial charge on any atom is 0.322 e. The lowest BCUT2D eigenvalue weighted by Crippen LogP contribution is -2.10. The van der Waals surface area contributed by atoms with E-state index in [1.165, 1.54) is 0 Å². The predicted octanol–water partition coefficient (Wildman–Crippen LogP) is 2.77. The highest BCUT2D eigenvalue weighted by Gasteiger charge is 2.05. The van der Waals surface area contributed by atoms with E-state index in [1.54, 1.807) is 0 Å². The van der Waals surface area contributed by atoms with Crippen molar-refractivity contribution in [1.29, 1.82) is 0 Å². The Kier molecular flexibility index (Phi) is 5.97. The summed E-state index contributed by atoms with van der Waals surface area (Å²) in [5.41, 5.74) is 0. The SMILES string of the molecule is CCCOc1nc(Cl)nc(NCCC(C)C)n1. The van der Waals surface area contributed by atoms with Crippen molar-refractivity contribution in [3.05, 3.63) is 5.28 Å². The van der Waals surface area contributed by atoms with Gasteiger partial charge in [-0.15, -0.1) is 0 Å². The Hall–Kier alpha value is -1.10. The Morgan fingerprint density at radius 1 is 1.29 bits per heavy atom. The quantitative estimate of drug-likeness (QED) is 0.815. The number of rotatable bonds is 7. The van der Waals surface area contributed by atoms with Crippen LogP contribution in [0.1, 0.15) is 33.6 Å².